The molecule has 3 nitrogen and oxygen atoms in total. The first-order valence-corrected chi connectivity index (χ1v) is 7.41. The topological polar surface area (TPSA) is 24.5 Å². The Bertz CT molecular complexity index is 390. The van der Waals surface area contributed by atoms with Crippen LogP contribution in [0.2, 0.25) is 0 Å². The Labute approximate surface area is 121 Å². The summed E-state index contributed by atoms with van der Waals surface area (Å²) < 4.78 is 18.4. The van der Waals surface area contributed by atoms with Crippen LogP contribution in [0.1, 0.15) is 30.9 Å². The molecule has 0 aliphatic carbocycles. The predicted octanol–water partition coefficient (Wildman–Crippen LogP) is 2.59. The van der Waals surface area contributed by atoms with Crippen LogP contribution in [0.15, 0.2) is 24.3 Å². The van der Waals surface area contributed by atoms with Crippen molar-refractivity contribution in [3.8, 4) is 0 Å². The molecular weight excluding hydrogens is 255 g/mol. The highest BCUT2D eigenvalue weighted by Crippen LogP contribution is 2.19. The zero-order chi connectivity index (χ0) is 14.4. The summed E-state index contributed by atoms with van der Waals surface area (Å²) in [4.78, 5) is 2.43. The normalized spacial score (nSPS) is 18.4. The number of benzene rings is 1. The largest absolute Gasteiger partial charge is 0.381 e. The highest BCUT2D eigenvalue weighted by atomic mass is 19.1. The van der Waals surface area contributed by atoms with Crippen LogP contribution < -0.4 is 5.32 Å². The average Bonchev–Trinajstić information content (AvgIpc) is 2.50. The summed E-state index contributed by atoms with van der Waals surface area (Å²) in [6.45, 7) is 2.79. The SMILES string of the molecule is CNC(CCN(C)C1CCOCC1)c1ccc(F)cc1. The van der Waals surface area contributed by atoms with Crippen molar-refractivity contribution in [2.75, 3.05) is 33.9 Å². The Morgan fingerprint density at radius 2 is 1.95 bits per heavy atom. The molecule has 1 aromatic rings. The van der Waals surface area contributed by atoms with Gasteiger partial charge in [-0.15, -0.1) is 0 Å². The Morgan fingerprint density at radius 3 is 2.55 bits per heavy atom. The van der Waals surface area contributed by atoms with Gasteiger partial charge in [0.1, 0.15) is 5.82 Å². The summed E-state index contributed by atoms with van der Waals surface area (Å²) in [5.41, 5.74) is 1.15. The molecule has 1 unspecified atom stereocenters. The minimum absolute atomic E-state index is 0.178. The van der Waals surface area contributed by atoms with Gasteiger partial charge >= 0.3 is 0 Å². The van der Waals surface area contributed by atoms with Crippen LogP contribution in [0.5, 0.6) is 0 Å². The second kappa shape index (κ2) is 7.72. The fraction of sp³-hybridized carbons (Fsp3) is 0.625. The van der Waals surface area contributed by atoms with Crippen molar-refractivity contribution in [1.29, 1.82) is 0 Å². The first-order chi connectivity index (χ1) is 9.70. The average molecular weight is 280 g/mol. The molecule has 0 amide bonds. The van der Waals surface area contributed by atoms with Gasteiger partial charge in [-0.2, -0.15) is 0 Å². The first-order valence-electron chi connectivity index (χ1n) is 7.41. The van der Waals surface area contributed by atoms with Crippen LogP contribution in [-0.4, -0.2) is 44.8 Å². The lowest BCUT2D eigenvalue weighted by molar-refractivity contribution is 0.0420. The molecule has 1 saturated heterocycles. The number of hydrogen-bond acceptors (Lipinski definition) is 3. The van der Waals surface area contributed by atoms with E-state index in [1.165, 1.54) is 12.1 Å². The molecule has 1 fully saturated rings. The molecule has 4 heteroatoms. The fourth-order valence-corrected chi connectivity index (χ4v) is 2.81. The summed E-state index contributed by atoms with van der Waals surface area (Å²) >= 11 is 0. The van der Waals surface area contributed by atoms with E-state index in [1.54, 1.807) is 0 Å². The lowest BCUT2D eigenvalue weighted by atomic mass is 10.0. The minimum Gasteiger partial charge on any atom is -0.381 e. The van der Waals surface area contributed by atoms with Gasteiger partial charge in [-0.25, -0.2) is 4.39 Å². The molecular formula is C16H25FN2O. The highest BCUT2D eigenvalue weighted by Gasteiger charge is 2.19. The van der Waals surface area contributed by atoms with Gasteiger partial charge in [0.25, 0.3) is 0 Å². The molecule has 1 N–H and O–H groups in total. The minimum atomic E-state index is -0.178. The molecule has 1 aliphatic heterocycles. The van der Waals surface area contributed by atoms with Crippen LogP contribution in [0.3, 0.4) is 0 Å². The van der Waals surface area contributed by atoms with E-state index in [1.807, 2.05) is 19.2 Å². The lowest BCUT2D eigenvalue weighted by Crippen LogP contribution is -2.38. The third-order valence-electron chi connectivity index (χ3n) is 4.21. The van der Waals surface area contributed by atoms with E-state index in [4.69, 9.17) is 4.74 Å². The molecule has 0 saturated carbocycles. The number of hydrogen-bond donors (Lipinski definition) is 1. The maximum Gasteiger partial charge on any atom is 0.123 e. The zero-order valence-corrected chi connectivity index (χ0v) is 12.4. The molecule has 1 heterocycles. The van der Waals surface area contributed by atoms with Gasteiger partial charge in [-0.05, 0) is 57.6 Å². The quantitative estimate of drug-likeness (QED) is 0.867. The maximum atomic E-state index is 13.0. The molecule has 0 aromatic heterocycles. The van der Waals surface area contributed by atoms with E-state index < -0.39 is 0 Å². The summed E-state index contributed by atoms with van der Waals surface area (Å²) in [6, 6.07) is 7.70. The number of halogens is 1. The number of ether oxygens (including phenoxy) is 1. The van der Waals surface area contributed by atoms with E-state index >= 15 is 0 Å². The number of nitrogens with one attached hydrogen (secondary N) is 1. The summed E-state index contributed by atoms with van der Waals surface area (Å²) in [6.07, 6.45) is 3.27. The molecule has 2 rings (SSSR count). The third-order valence-corrected chi connectivity index (χ3v) is 4.21. The van der Waals surface area contributed by atoms with Gasteiger partial charge in [0, 0.05) is 25.3 Å². The van der Waals surface area contributed by atoms with Crippen LogP contribution in [0.4, 0.5) is 4.39 Å². The van der Waals surface area contributed by atoms with E-state index in [9.17, 15) is 4.39 Å². The van der Waals surface area contributed by atoms with Gasteiger partial charge in [-0.3, -0.25) is 0 Å². The van der Waals surface area contributed by atoms with Crippen LogP contribution in [0.25, 0.3) is 0 Å². The van der Waals surface area contributed by atoms with Crippen molar-refractivity contribution in [2.45, 2.75) is 31.3 Å². The van der Waals surface area contributed by atoms with Gasteiger partial charge in [0.05, 0.1) is 0 Å². The van der Waals surface area contributed by atoms with Crippen molar-refractivity contribution in [3.05, 3.63) is 35.6 Å². The van der Waals surface area contributed by atoms with Crippen LogP contribution in [-0.2, 0) is 4.74 Å². The Morgan fingerprint density at radius 1 is 1.30 bits per heavy atom. The predicted molar refractivity (Wildman–Crippen MR) is 79.3 cm³/mol. The van der Waals surface area contributed by atoms with Gasteiger partial charge in [0.2, 0.25) is 0 Å². The van der Waals surface area contributed by atoms with Gasteiger partial charge in [0.15, 0.2) is 0 Å². The monoisotopic (exact) mass is 280 g/mol. The molecule has 1 aromatic carbocycles. The van der Waals surface area contributed by atoms with Crippen molar-refractivity contribution in [2.24, 2.45) is 0 Å². The summed E-state index contributed by atoms with van der Waals surface area (Å²) in [5.74, 6) is -0.178. The van der Waals surface area contributed by atoms with Crippen molar-refractivity contribution in [1.82, 2.24) is 10.2 Å². The molecule has 0 bridgehead atoms. The molecule has 1 atom stereocenters. The zero-order valence-electron chi connectivity index (χ0n) is 12.4. The molecule has 0 radical (unpaired) electrons. The van der Waals surface area contributed by atoms with Gasteiger partial charge in [-0.1, -0.05) is 12.1 Å². The fourth-order valence-electron chi connectivity index (χ4n) is 2.81. The second-order valence-electron chi connectivity index (χ2n) is 5.51. The van der Waals surface area contributed by atoms with Crippen molar-refractivity contribution >= 4 is 0 Å². The Kier molecular flexibility index (Phi) is 5.95. The number of nitrogens with zero attached hydrogens (tertiary/aromatic N) is 1. The van der Waals surface area contributed by atoms with Gasteiger partial charge < -0.3 is 15.0 Å². The van der Waals surface area contributed by atoms with Crippen molar-refractivity contribution in [3.63, 3.8) is 0 Å². The van der Waals surface area contributed by atoms with Crippen molar-refractivity contribution < 1.29 is 9.13 Å². The first kappa shape index (κ1) is 15.4. The maximum absolute atomic E-state index is 13.0. The molecule has 20 heavy (non-hydrogen) atoms. The molecule has 112 valence electrons. The summed E-state index contributed by atoms with van der Waals surface area (Å²) in [5, 5.41) is 3.32. The second-order valence-corrected chi connectivity index (χ2v) is 5.51. The molecule has 0 spiro atoms. The Hall–Kier alpha value is -0.970. The molecule has 1 aliphatic rings. The third kappa shape index (κ3) is 4.27. The van der Waals surface area contributed by atoms with E-state index in [0.717, 1.165) is 44.6 Å². The smallest absolute Gasteiger partial charge is 0.123 e. The lowest BCUT2D eigenvalue weighted by Gasteiger charge is -2.32. The van der Waals surface area contributed by atoms with Crippen LogP contribution in [0, 0.1) is 5.82 Å². The highest BCUT2D eigenvalue weighted by molar-refractivity contribution is 5.19. The number of rotatable bonds is 6. The van der Waals surface area contributed by atoms with Crippen LogP contribution >= 0.6 is 0 Å². The standard InChI is InChI=1S/C16H25FN2O/c1-18-16(13-3-5-14(17)6-4-13)7-10-19(2)15-8-11-20-12-9-15/h3-6,15-16,18H,7-12H2,1-2H3. The summed E-state index contributed by atoms with van der Waals surface area (Å²) in [7, 11) is 4.15. The van der Waals surface area contributed by atoms with E-state index in [2.05, 4.69) is 17.3 Å². The van der Waals surface area contributed by atoms with E-state index in [-0.39, 0.29) is 11.9 Å². The Balaban J connectivity index is 1.85. The van der Waals surface area contributed by atoms with E-state index in [0.29, 0.717) is 6.04 Å².